The molecule has 0 aromatic rings. The van der Waals surface area contributed by atoms with Gasteiger partial charge in [0.05, 0.1) is 0 Å². The molecule has 1 saturated heterocycles. The largest absolute Gasteiger partial charge is 0.331 e. The normalized spacial score (nSPS) is 24.3. The molecule has 1 N–H and O–H groups in total. The van der Waals surface area contributed by atoms with Gasteiger partial charge in [0.1, 0.15) is 5.92 Å². The van der Waals surface area contributed by atoms with Crippen LogP contribution in [0.5, 0.6) is 0 Å². The summed E-state index contributed by atoms with van der Waals surface area (Å²) in [5, 5.41) is 2.38. The highest BCUT2D eigenvalue weighted by molar-refractivity contribution is 6.16. The quantitative estimate of drug-likeness (QED) is 0.605. The van der Waals surface area contributed by atoms with Gasteiger partial charge in [0.2, 0.25) is 11.8 Å². The van der Waals surface area contributed by atoms with E-state index in [1.807, 2.05) is 0 Å². The molecule has 1 aliphatic carbocycles. The van der Waals surface area contributed by atoms with E-state index in [0.29, 0.717) is 6.42 Å². The molecule has 1 saturated carbocycles. The third-order valence-electron chi connectivity index (χ3n) is 4.59. The van der Waals surface area contributed by atoms with Crippen molar-refractivity contribution in [3.8, 4) is 0 Å². The van der Waals surface area contributed by atoms with Crippen LogP contribution in [0.3, 0.4) is 0 Å². The number of rotatable bonds is 6. The Morgan fingerprint density at radius 2 is 1.76 bits per heavy atom. The van der Waals surface area contributed by atoms with Crippen LogP contribution in [0.2, 0.25) is 0 Å². The molecular weight excluding hydrogens is 268 g/mol. The standard InChI is InChI=1S/C16H26N2O3/c1-2-3-4-8-11-13-14(19)17-16(21)18(15(13)20)12-9-6-5-7-10-12/h12-13H,2-11H2,1H3,(H,17,19,21). The molecule has 2 aliphatic rings. The smallest absolute Gasteiger partial charge is 0.277 e. The van der Waals surface area contributed by atoms with Gasteiger partial charge >= 0.3 is 6.03 Å². The molecule has 1 atom stereocenters. The van der Waals surface area contributed by atoms with Crippen molar-refractivity contribution in [1.29, 1.82) is 0 Å². The van der Waals surface area contributed by atoms with E-state index in [2.05, 4.69) is 12.2 Å². The lowest BCUT2D eigenvalue weighted by atomic mass is 9.91. The van der Waals surface area contributed by atoms with Crippen molar-refractivity contribution >= 4 is 17.8 Å². The maximum Gasteiger partial charge on any atom is 0.331 e. The van der Waals surface area contributed by atoms with Crippen LogP contribution in [0.25, 0.3) is 0 Å². The Morgan fingerprint density at radius 1 is 1.05 bits per heavy atom. The molecule has 5 heteroatoms. The van der Waals surface area contributed by atoms with Crippen molar-refractivity contribution in [3.05, 3.63) is 0 Å². The molecule has 5 nitrogen and oxygen atoms in total. The Morgan fingerprint density at radius 3 is 2.43 bits per heavy atom. The summed E-state index contributed by atoms with van der Waals surface area (Å²) < 4.78 is 0. The first kappa shape index (κ1) is 16.0. The van der Waals surface area contributed by atoms with Crippen LogP contribution in [0, 0.1) is 5.92 Å². The van der Waals surface area contributed by atoms with Crippen molar-refractivity contribution in [2.24, 2.45) is 5.92 Å². The number of barbiturate groups is 1. The monoisotopic (exact) mass is 294 g/mol. The van der Waals surface area contributed by atoms with Gasteiger partial charge in [-0.05, 0) is 19.3 Å². The molecule has 21 heavy (non-hydrogen) atoms. The molecule has 0 bridgehead atoms. The zero-order chi connectivity index (χ0) is 15.2. The number of carbonyl (C=O) groups excluding carboxylic acids is 3. The van der Waals surface area contributed by atoms with Crippen LogP contribution in [-0.4, -0.2) is 28.8 Å². The summed E-state index contributed by atoms with van der Waals surface area (Å²) >= 11 is 0. The second-order valence-electron chi connectivity index (χ2n) is 6.20. The van der Waals surface area contributed by atoms with Crippen LogP contribution in [-0.2, 0) is 9.59 Å². The highest BCUT2D eigenvalue weighted by Crippen LogP contribution is 2.27. The van der Waals surface area contributed by atoms with Crippen LogP contribution < -0.4 is 5.32 Å². The first-order chi connectivity index (χ1) is 10.1. The van der Waals surface area contributed by atoms with Crippen LogP contribution in [0.1, 0.15) is 71.1 Å². The highest BCUT2D eigenvalue weighted by Gasteiger charge is 2.43. The Balaban J connectivity index is 1.99. The van der Waals surface area contributed by atoms with Gasteiger partial charge in [-0.1, -0.05) is 51.9 Å². The average Bonchev–Trinajstić information content (AvgIpc) is 2.47. The Kier molecular flexibility index (Phi) is 5.76. The average molecular weight is 294 g/mol. The summed E-state index contributed by atoms with van der Waals surface area (Å²) in [6.45, 7) is 2.13. The van der Waals surface area contributed by atoms with E-state index in [0.717, 1.165) is 51.4 Å². The van der Waals surface area contributed by atoms with E-state index in [-0.39, 0.29) is 11.9 Å². The van der Waals surface area contributed by atoms with E-state index in [1.165, 1.54) is 11.3 Å². The predicted octanol–water partition coefficient (Wildman–Crippen LogP) is 2.98. The van der Waals surface area contributed by atoms with E-state index >= 15 is 0 Å². The highest BCUT2D eigenvalue weighted by atomic mass is 16.2. The number of unbranched alkanes of at least 4 members (excludes halogenated alkanes) is 3. The first-order valence-electron chi connectivity index (χ1n) is 8.33. The minimum atomic E-state index is -0.665. The van der Waals surface area contributed by atoms with E-state index in [9.17, 15) is 14.4 Å². The number of amides is 4. The number of hydrogen-bond acceptors (Lipinski definition) is 3. The minimum absolute atomic E-state index is 0.0162. The Hall–Kier alpha value is -1.39. The van der Waals surface area contributed by atoms with Crippen LogP contribution >= 0.6 is 0 Å². The molecule has 1 unspecified atom stereocenters. The number of nitrogens with zero attached hydrogens (tertiary/aromatic N) is 1. The summed E-state index contributed by atoms with van der Waals surface area (Å²) in [7, 11) is 0. The maximum atomic E-state index is 12.6. The summed E-state index contributed by atoms with van der Waals surface area (Å²) in [5.41, 5.74) is 0. The minimum Gasteiger partial charge on any atom is -0.277 e. The zero-order valence-electron chi connectivity index (χ0n) is 12.9. The lowest BCUT2D eigenvalue weighted by Crippen LogP contribution is -2.61. The van der Waals surface area contributed by atoms with Crippen molar-refractivity contribution in [2.45, 2.75) is 77.2 Å². The molecule has 0 aromatic heterocycles. The molecule has 2 rings (SSSR count). The number of hydrogen-bond donors (Lipinski definition) is 1. The molecule has 1 aliphatic heterocycles. The first-order valence-corrected chi connectivity index (χ1v) is 8.33. The predicted molar refractivity (Wildman–Crippen MR) is 79.5 cm³/mol. The number of imide groups is 2. The van der Waals surface area contributed by atoms with Gasteiger partial charge in [0, 0.05) is 6.04 Å². The van der Waals surface area contributed by atoms with E-state index in [4.69, 9.17) is 0 Å². The number of carbonyl (C=O) groups is 3. The molecule has 0 radical (unpaired) electrons. The fourth-order valence-corrected chi connectivity index (χ4v) is 3.35. The van der Waals surface area contributed by atoms with Gasteiger partial charge in [-0.15, -0.1) is 0 Å². The van der Waals surface area contributed by atoms with Crippen molar-refractivity contribution in [2.75, 3.05) is 0 Å². The van der Waals surface area contributed by atoms with Gasteiger partial charge in [-0.3, -0.25) is 19.8 Å². The zero-order valence-corrected chi connectivity index (χ0v) is 12.9. The summed E-state index contributed by atoms with van der Waals surface area (Å²) in [4.78, 5) is 37.8. The van der Waals surface area contributed by atoms with E-state index < -0.39 is 17.9 Å². The third-order valence-corrected chi connectivity index (χ3v) is 4.59. The number of urea groups is 1. The van der Waals surface area contributed by atoms with Gasteiger partial charge < -0.3 is 0 Å². The van der Waals surface area contributed by atoms with Crippen molar-refractivity contribution in [3.63, 3.8) is 0 Å². The van der Waals surface area contributed by atoms with Crippen LogP contribution in [0.15, 0.2) is 0 Å². The fraction of sp³-hybridized carbons (Fsp3) is 0.812. The molecule has 118 valence electrons. The third kappa shape index (κ3) is 3.83. The Labute approximate surface area is 126 Å². The summed E-state index contributed by atoms with van der Waals surface area (Å²) in [5.74, 6) is -1.35. The molecule has 0 aromatic carbocycles. The maximum absolute atomic E-state index is 12.6. The molecule has 0 spiro atoms. The lowest BCUT2D eigenvalue weighted by Gasteiger charge is -2.37. The molecule has 4 amide bonds. The van der Waals surface area contributed by atoms with Crippen LogP contribution in [0.4, 0.5) is 4.79 Å². The lowest BCUT2D eigenvalue weighted by molar-refractivity contribution is -0.144. The Bertz CT molecular complexity index is 402. The summed E-state index contributed by atoms with van der Waals surface area (Å²) in [6, 6.07) is -0.529. The second-order valence-corrected chi connectivity index (χ2v) is 6.20. The summed E-state index contributed by atoms with van der Waals surface area (Å²) in [6.07, 6.45) is 9.71. The molecule has 1 heterocycles. The van der Waals surface area contributed by atoms with Crippen molar-refractivity contribution in [1.82, 2.24) is 10.2 Å². The number of nitrogens with one attached hydrogen (secondary N) is 1. The van der Waals surface area contributed by atoms with Gasteiger partial charge in [0.15, 0.2) is 0 Å². The van der Waals surface area contributed by atoms with Gasteiger partial charge in [-0.2, -0.15) is 0 Å². The second kappa shape index (κ2) is 7.57. The van der Waals surface area contributed by atoms with E-state index in [1.54, 1.807) is 0 Å². The SMILES string of the molecule is CCCCCCC1C(=O)NC(=O)N(C2CCCCC2)C1=O. The van der Waals surface area contributed by atoms with Gasteiger partial charge in [-0.25, -0.2) is 4.79 Å². The van der Waals surface area contributed by atoms with Crippen molar-refractivity contribution < 1.29 is 14.4 Å². The topological polar surface area (TPSA) is 66.5 Å². The van der Waals surface area contributed by atoms with Gasteiger partial charge in [0.25, 0.3) is 0 Å². The molecule has 2 fully saturated rings. The molecular formula is C16H26N2O3. The fourth-order valence-electron chi connectivity index (χ4n) is 3.35.